The fourth-order valence-corrected chi connectivity index (χ4v) is 1.62. The molecule has 0 unspecified atom stereocenters. The minimum atomic E-state index is -0.152. The van der Waals surface area contributed by atoms with Crippen molar-refractivity contribution >= 4 is 17.5 Å². The van der Waals surface area contributed by atoms with Crippen LogP contribution in [-0.2, 0) is 4.79 Å². The second-order valence-electron chi connectivity index (χ2n) is 4.68. The lowest BCUT2D eigenvalue weighted by Gasteiger charge is -2.22. The molecule has 104 valence electrons. The second kappa shape index (κ2) is 6.22. The number of carbonyl (C=O) groups excluding carboxylic acids is 2. The highest BCUT2D eigenvalue weighted by atomic mass is 16.2. The Morgan fingerprint density at radius 1 is 1.26 bits per heavy atom. The Hall–Kier alpha value is -2.04. The maximum Gasteiger partial charge on any atom is 0.254 e. The van der Waals surface area contributed by atoms with Crippen molar-refractivity contribution in [3.63, 3.8) is 0 Å². The van der Waals surface area contributed by atoms with Crippen molar-refractivity contribution in [3.05, 3.63) is 29.3 Å². The van der Waals surface area contributed by atoms with Crippen LogP contribution < -0.4 is 5.73 Å². The van der Waals surface area contributed by atoms with Gasteiger partial charge in [0.1, 0.15) is 0 Å². The quantitative estimate of drug-likeness (QED) is 0.828. The molecule has 0 aliphatic heterocycles. The zero-order chi connectivity index (χ0) is 14.6. The van der Waals surface area contributed by atoms with Crippen LogP contribution in [0.15, 0.2) is 18.2 Å². The van der Waals surface area contributed by atoms with Gasteiger partial charge in [0.2, 0.25) is 5.91 Å². The molecule has 0 atom stereocenters. The Morgan fingerprint density at radius 2 is 1.89 bits per heavy atom. The van der Waals surface area contributed by atoms with Gasteiger partial charge in [-0.25, -0.2) is 0 Å². The number of hydrogen-bond donors (Lipinski definition) is 1. The first-order valence-corrected chi connectivity index (χ1v) is 6.22. The number of hydrogen-bond acceptors (Lipinski definition) is 3. The van der Waals surface area contributed by atoms with Gasteiger partial charge >= 0.3 is 0 Å². The number of nitrogens with two attached hydrogens (primary N) is 1. The smallest absolute Gasteiger partial charge is 0.254 e. The summed E-state index contributed by atoms with van der Waals surface area (Å²) < 4.78 is 0. The van der Waals surface area contributed by atoms with E-state index in [4.69, 9.17) is 5.73 Å². The molecule has 2 N–H and O–H groups in total. The summed E-state index contributed by atoms with van der Waals surface area (Å²) in [5, 5.41) is 0. The Bertz CT molecular complexity index is 484. The number of likely N-dealkylation sites (N-methyl/N-ethyl adjacent to an activating group) is 2. The number of rotatable bonds is 4. The lowest BCUT2D eigenvalue weighted by molar-refractivity contribution is -0.129. The van der Waals surface area contributed by atoms with Gasteiger partial charge in [0, 0.05) is 31.9 Å². The lowest BCUT2D eigenvalue weighted by atomic mass is 10.1. The summed E-state index contributed by atoms with van der Waals surface area (Å²) in [6.45, 7) is 4.28. The molecule has 0 spiro atoms. The summed E-state index contributed by atoms with van der Waals surface area (Å²) in [7, 11) is 3.35. The standard InChI is InChI=1S/C14H21N3O2/c1-5-17(9-13(18)16(3)4)14(19)11-6-7-12(15)10(2)8-11/h6-8H,5,9,15H2,1-4H3. The number of aryl methyl sites for hydroxylation is 1. The Balaban J connectivity index is 2.89. The molecule has 1 aromatic rings. The first-order chi connectivity index (χ1) is 8.86. The second-order valence-corrected chi connectivity index (χ2v) is 4.68. The summed E-state index contributed by atoms with van der Waals surface area (Å²) in [5.41, 5.74) is 7.81. The third-order valence-electron chi connectivity index (χ3n) is 3.01. The van der Waals surface area contributed by atoms with Gasteiger partial charge in [-0.15, -0.1) is 0 Å². The van der Waals surface area contributed by atoms with Crippen LogP contribution >= 0.6 is 0 Å². The SMILES string of the molecule is CCN(CC(=O)N(C)C)C(=O)c1ccc(N)c(C)c1. The Morgan fingerprint density at radius 3 is 2.37 bits per heavy atom. The number of benzene rings is 1. The van der Waals surface area contributed by atoms with Crippen molar-refractivity contribution in [2.75, 3.05) is 32.9 Å². The van der Waals surface area contributed by atoms with Gasteiger partial charge in [-0.2, -0.15) is 0 Å². The van der Waals surface area contributed by atoms with E-state index in [1.807, 2.05) is 13.8 Å². The molecule has 0 heterocycles. The molecule has 0 saturated heterocycles. The highest BCUT2D eigenvalue weighted by molar-refractivity contribution is 5.97. The number of carbonyl (C=O) groups is 2. The third kappa shape index (κ3) is 3.71. The number of anilines is 1. The highest BCUT2D eigenvalue weighted by Gasteiger charge is 2.18. The predicted molar refractivity (Wildman–Crippen MR) is 75.9 cm³/mol. The average Bonchev–Trinajstić information content (AvgIpc) is 2.37. The van der Waals surface area contributed by atoms with E-state index >= 15 is 0 Å². The fraction of sp³-hybridized carbons (Fsp3) is 0.429. The number of nitrogen functional groups attached to an aromatic ring is 1. The van der Waals surface area contributed by atoms with E-state index in [-0.39, 0.29) is 18.4 Å². The van der Waals surface area contributed by atoms with Crippen LogP contribution in [0.5, 0.6) is 0 Å². The van der Waals surface area contributed by atoms with Crippen molar-refractivity contribution in [2.45, 2.75) is 13.8 Å². The molecule has 0 bridgehead atoms. The van der Waals surface area contributed by atoms with E-state index in [9.17, 15) is 9.59 Å². The molecular formula is C14H21N3O2. The molecule has 1 aromatic carbocycles. The summed E-state index contributed by atoms with van der Waals surface area (Å²) in [5.74, 6) is -0.247. The van der Waals surface area contributed by atoms with Gasteiger partial charge in [0.15, 0.2) is 0 Å². The van der Waals surface area contributed by atoms with E-state index < -0.39 is 0 Å². The van der Waals surface area contributed by atoms with Crippen LogP contribution in [0.3, 0.4) is 0 Å². The molecule has 5 nitrogen and oxygen atoms in total. The van der Waals surface area contributed by atoms with Crippen molar-refractivity contribution in [3.8, 4) is 0 Å². The molecule has 0 aliphatic rings. The first-order valence-electron chi connectivity index (χ1n) is 6.22. The van der Waals surface area contributed by atoms with E-state index in [0.717, 1.165) is 5.56 Å². The summed E-state index contributed by atoms with van der Waals surface area (Å²) in [4.78, 5) is 27.0. The van der Waals surface area contributed by atoms with Crippen LogP contribution in [0.25, 0.3) is 0 Å². The normalized spacial score (nSPS) is 10.1. The molecular weight excluding hydrogens is 242 g/mol. The zero-order valence-electron chi connectivity index (χ0n) is 11.9. The van der Waals surface area contributed by atoms with Crippen LogP contribution in [0.1, 0.15) is 22.8 Å². The van der Waals surface area contributed by atoms with Crippen LogP contribution in [0.2, 0.25) is 0 Å². The molecule has 0 radical (unpaired) electrons. The maximum atomic E-state index is 12.3. The Labute approximate surface area is 114 Å². The maximum absolute atomic E-state index is 12.3. The van der Waals surface area contributed by atoms with Gasteiger partial charge in [-0.05, 0) is 37.6 Å². The van der Waals surface area contributed by atoms with Crippen LogP contribution in [0.4, 0.5) is 5.69 Å². The highest BCUT2D eigenvalue weighted by Crippen LogP contribution is 2.14. The molecule has 0 saturated carbocycles. The van der Waals surface area contributed by atoms with Crippen LogP contribution in [-0.4, -0.2) is 48.8 Å². The van der Waals surface area contributed by atoms with E-state index in [1.54, 1.807) is 32.3 Å². The fourth-order valence-electron chi connectivity index (χ4n) is 1.62. The first kappa shape index (κ1) is 15.0. The van der Waals surface area contributed by atoms with Crippen molar-refractivity contribution in [2.24, 2.45) is 0 Å². The summed E-state index contributed by atoms with van der Waals surface area (Å²) in [6.07, 6.45) is 0. The predicted octanol–water partition coefficient (Wildman–Crippen LogP) is 1.13. The molecule has 2 amide bonds. The molecule has 0 aliphatic carbocycles. The van der Waals surface area contributed by atoms with Gasteiger partial charge < -0.3 is 15.5 Å². The largest absolute Gasteiger partial charge is 0.399 e. The third-order valence-corrected chi connectivity index (χ3v) is 3.01. The van der Waals surface area contributed by atoms with Gasteiger partial charge in [0.05, 0.1) is 6.54 Å². The lowest BCUT2D eigenvalue weighted by Crippen LogP contribution is -2.40. The molecule has 0 fully saturated rings. The number of amides is 2. The minimum absolute atomic E-state index is 0.0890. The zero-order valence-corrected chi connectivity index (χ0v) is 11.9. The van der Waals surface area contributed by atoms with Gasteiger partial charge in [0.25, 0.3) is 5.91 Å². The topological polar surface area (TPSA) is 66.6 Å². The van der Waals surface area contributed by atoms with Crippen molar-refractivity contribution in [1.82, 2.24) is 9.80 Å². The Kier molecular flexibility index (Phi) is 4.92. The number of nitrogens with zero attached hydrogens (tertiary/aromatic N) is 2. The monoisotopic (exact) mass is 263 g/mol. The molecule has 1 rings (SSSR count). The van der Waals surface area contributed by atoms with E-state index in [0.29, 0.717) is 17.8 Å². The molecule has 19 heavy (non-hydrogen) atoms. The van der Waals surface area contributed by atoms with Gasteiger partial charge in [-0.1, -0.05) is 0 Å². The minimum Gasteiger partial charge on any atom is -0.399 e. The van der Waals surface area contributed by atoms with Crippen molar-refractivity contribution < 1.29 is 9.59 Å². The van der Waals surface area contributed by atoms with E-state index in [2.05, 4.69) is 0 Å². The summed E-state index contributed by atoms with van der Waals surface area (Å²) >= 11 is 0. The summed E-state index contributed by atoms with van der Waals surface area (Å²) in [6, 6.07) is 5.15. The average molecular weight is 263 g/mol. The van der Waals surface area contributed by atoms with Gasteiger partial charge in [-0.3, -0.25) is 9.59 Å². The molecule has 5 heteroatoms. The molecule has 0 aromatic heterocycles. The van der Waals surface area contributed by atoms with Crippen LogP contribution in [0, 0.1) is 6.92 Å². The van der Waals surface area contributed by atoms with E-state index in [1.165, 1.54) is 9.80 Å². The van der Waals surface area contributed by atoms with Crippen molar-refractivity contribution in [1.29, 1.82) is 0 Å².